The highest BCUT2D eigenvalue weighted by Crippen LogP contribution is 2.35. The molecule has 0 fully saturated rings. The largest absolute Gasteiger partial charge is 0.508 e. The first-order valence-corrected chi connectivity index (χ1v) is 6.14. The molecule has 0 spiro atoms. The summed E-state index contributed by atoms with van der Waals surface area (Å²) in [5, 5.41) is 9.63. The lowest BCUT2D eigenvalue weighted by molar-refractivity contribution is 0.0975. The monoisotopic (exact) mass is 268 g/mol. The van der Waals surface area contributed by atoms with Gasteiger partial charge in [0.1, 0.15) is 11.5 Å². The van der Waals surface area contributed by atoms with E-state index in [-0.39, 0.29) is 22.9 Å². The second-order valence-electron chi connectivity index (χ2n) is 4.73. The number of fused-ring (bicyclic) bond motifs is 2. The predicted molar refractivity (Wildman–Crippen MR) is 72.7 cm³/mol. The van der Waals surface area contributed by atoms with Crippen LogP contribution in [0.1, 0.15) is 37.4 Å². The SMILES string of the molecule is COc1cccc2c1C(=O)c1c(C)cc(O)cc1C2=O. The van der Waals surface area contributed by atoms with Crippen LogP contribution in [0.5, 0.6) is 11.5 Å². The van der Waals surface area contributed by atoms with Crippen LogP contribution in [0.4, 0.5) is 0 Å². The van der Waals surface area contributed by atoms with Crippen molar-refractivity contribution in [2.24, 2.45) is 0 Å². The minimum absolute atomic E-state index is 0.0197. The van der Waals surface area contributed by atoms with E-state index < -0.39 is 0 Å². The van der Waals surface area contributed by atoms with E-state index in [1.165, 1.54) is 19.2 Å². The first-order chi connectivity index (χ1) is 9.54. The van der Waals surface area contributed by atoms with Crippen molar-refractivity contribution in [1.29, 1.82) is 0 Å². The van der Waals surface area contributed by atoms with Gasteiger partial charge in [0.15, 0.2) is 11.6 Å². The molecule has 4 nitrogen and oxygen atoms in total. The molecule has 4 heteroatoms. The van der Waals surface area contributed by atoms with Gasteiger partial charge in [-0.25, -0.2) is 0 Å². The van der Waals surface area contributed by atoms with Gasteiger partial charge in [-0.15, -0.1) is 0 Å². The summed E-state index contributed by atoms with van der Waals surface area (Å²) >= 11 is 0. The number of carbonyl (C=O) groups is 2. The average molecular weight is 268 g/mol. The fraction of sp³-hybridized carbons (Fsp3) is 0.125. The van der Waals surface area contributed by atoms with Gasteiger partial charge >= 0.3 is 0 Å². The first-order valence-electron chi connectivity index (χ1n) is 6.14. The third kappa shape index (κ3) is 1.54. The average Bonchev–Trinajstić information content (AvgIpc) is 2.43. The minimum atomic E-state index is -0.271. The number of carbonyl (C=O) groups excluding carboxylic acids is 2. The predicted octanol–water partition coefficient (Wildman–Crippen LogP) is 2.48. The second-order valence-corrected chi connectivity index (χ2v) is 4.73. The standard InChI is InChI=1S/C16H12O4/c1-8-6-9(17)7-11-13(8)16(19)14-10(15(11)18)4-3-5-12(14)20-2/h3-7,17H,1-2H3. The van der Waals surface area contributed by atoms with Crippen molar-refractivity contribution >= 4 is 11.6 Å². The van der Waals surface area contributed by atoms with Crippen LogP contribution in [0.2, 0.25) is 0 Å². The summed E-state index contributed by atoms with van der Waals surface area (Å²) in [6.45, 7) is 1.70. The minimum Gasteiger partial charge on any atom is -0.508 e. The Labute approximate surface area is 115 Å². The number of aryl methyl sites for hydroxylation is 1. The Balaban J connectivity index is 2.37. The molecule has 2 aromatic rings. The Bertz CT molecular complexity index is 759. The van der Waals surface area contributed by atoms with Crippen LogP contribution in [-0.2, 0) is 0 Å². The van der Waals surface area contributed by atoms with Gasteiger partial charge in [-0.05, 0) is 30.7 Å². The van der Waals surface area contributed by atoms with Crippen molar-refractivity contribution in [2.75, 3.05) is 7.11 Å². The maximum absolute atomic E-state index is 12.7. The third-order valence-corrected chi connectivity index (χ3v) is 3.51. The molecule has 20 heavy (non-hydrogen) atoms. The maximum atomic E-state index is 12.7. The number of benzene rings is 2. The zero-order valence-electron chi connectivity index (χ0n) is 11.1. The fourth-order valence-corrected chi connectivity index (χ4v) is 2.64. The number of hydrogen-bond donors (Lipinski definition) is 1. The van der Waals surface area contributed by atoms with Crippen molar-refractivity contribution in [3.05, 3.63) is 58.1 Å². The molecule has 1 N–H and O–H groups in total. The molecular weight excluding hydrogens is 256 g/mol. The van der Waals surface area contributed by atoms with Crippen LogP contribution >= 0.6 is 0 Å². The van der Waals surface area contributed by atoms with Gasteiger partial charge in [0.25, 0.3) is 0 Å². The lowest BCUT2D eigenvalue weighted by atomic mass is 9.81. The molecule has 0 aliphatic heterocycles. The first kappa shape index (κ1) is 12.4. The van der Waals surface area contributed by atoms with Gasteiger partial charge in [-0.1, -0.05) is 12.1 Å². The normalized spacial score (nSPS) is 12.9. The lowest BCUT2D eigenvalue weighted by Gasteiger charge is -2.21. The van der Waals surface area contributed by atoms with E-state index in [0.29, 0.717) is 28.0 Å². The van der Waals surface area contributed by atoms with E-state index in [9.17, 15) is 14.7 Å². The van der Waals surface area contributed by atoms with Crippen molar-refractivity contribution in [3.8, 4) is 11.5 Å². The molecule has 2 aromatic carbocycles. The number of ether oxygens (including phenoxy) is 1. The van der Waals surface area contributed by atoms with Crippen LogP contribution in [0.3, 0.4) is 0 Å². The summed E-state index contributed by atoms with van der Waals surface area (Å²) in [5.74, 6) is -0.148. The summed E-state index contributed by atoms with van der Waals surface area (Å²) in [4.78, 5) is 25.2. The zero-order chi connectivity index (χ0) is 14.4. The summed E-state index contributed by atoms with van der Waals surface area (Å²) < 4.78 is 5.19. The molecule has 1 aliphatic rings. The second kappa shape index (κ2) is 4.20. The van der Waals surface area contributed by atoms with Crippen LogP contribution in [-0.4, -0.2) is 23.8 Å². The molecule has 100 valence electrons. The lowest BCUT2D eigenvalue weighted by Crippen LogP contribution is -2.22. The molecule has 3 rings (SSSR count). The van der Waals surface area contributed by atoms with Gasteiger partial charge in [-0.3, -0.25) is 9.59 Å². The topological polar surface area (TPSA) is 63.6 Å². The highest BCUT2D eigenvalue weighted by molar-refractivity contribution is 6.29. The Morgan fingerprint density at radius 3 is 2.45 bits per heavy atom. The Morgan fingerprint density at radius 1 is 1.00 bits per heavy atom. The van der Waals surface area contributed by atoms with Crippen LogP contribution in [0, 0.1) is 6.92 Å². The molecule has 0 amide bonds. The molecule has 0 bridgehead atoms. The number of rotatable bonds is 1. The van der Waals surface area contributed by atoms with Crippen LogP contribution < -0.4 is 4.74 Å². The van der Waals surface area contributed by atoms with Gasteiger partial charge < -0.3 is 9.84 Å². The number of aromatic hydroxyl groups is 1. The molecule has 0 unspecified atom stereocenters. The molecule has 1 aliphatic carbocycles. The highest BCUT2D eigenvalue weighted by atomic mass is 16.5. The maximum Gasteiger partial charge on any atom is 0.198 e. The van der Waals surface area contributed by atoms with Crippen molar-refractivity contribution in [2.45, 2.75) is 6.92 Å². The molecular formula is C16H12O4. The van der Waals surface area contributed by atoms with Crippen molar-refractivity contribution in [3.63, 3.8) is 0 Å². The third-order valence-electron chi connectivity index (χ3n) is 3.51. The number of ketones is 2. The summed E-state index contributed by atoms with van der Waals surface area (Å²) in [6, 6.07) is 7.74. The van der Waals surface area contributed by atoms with E-state index in [1.54, 1.807) is 25.1 Å². The summed E-state index contributed by atoms with van der Waals surface area (Å²) in [7, 11) is 1.46. The van der Waals surface area contributed by atoms with Crippen molar-refractivity contribution in [1.82, 2.24) is 0 Å². The quantitative estimate of drug-likeness (QED) is 0.736. The van der Waals surface area contributed by atoms with E-state index >= 15 is 0 Å². The Kier molecular flexibility index (Phi) is 2.61. The summed E-state index contributed by atoms with van der Waals surface area (Å²) in [5.41, 5.74) is 1.76. The van der Waals surface area contributed by atoms with Gasteiger partial charge in [0, 0.05) is 16.7 Å². The fourth-order valence-electron chi connectivity index (χ4n) is 2.64. The van der Waals surface area contributed by atoms with E-state index in [1.807, 2.05) is 0 Å². The molecule has 0 heterocycles. The van der Waals surface area contributed by atoms with E-state index in [2.05, 4.69) is 0 Å². The summed E-state index contributed by atoms with van der Waals surface area (Å²) in [6.07, 6.45) is 0. The molecule has 0 saturated carbocycles. The molecule has 0 atom stereocenters. The van der Waals surface area contributed by atoms with Gasteiger partial charge in [0.2, 0.25) is 0 Å². The van der Waals surface area contributed by atoms with Crippen molar-refractivity contribution < 1.29 is 19.4 Å². The Hall–Kier alpha value is -2.62. The van der Waals surface area contributed by atoms with Crippen LogP contribution in [0.15, 0.2) is 30.3 Å². The van der Waals surface area contributed by atoms with Gasteiger partial charge in [0.05, 0.1) is 12.7 Å². The van der Waals surface area contributed by atoms with Crippen LogP contribution in [0.25, 0.3) is 0 Å². The number of phenolic OH excluding ortho intramolecular Hbond substituents is 1. The van der Waals surface area contributed by atoms with E-state index in [4.69, 9.17) is 4.74 Å². The molecule has 0 saturated heterocycles. The smallest absolute Gasteiger partial charge is 0.198 e. The molecule has 0 aromatic heterocycles. The Morgan fingerprint density at radius 2 is 1.75 bits per heavy atom. The number of hydrogen-bond acceptors (Lipinski definition) is 4. The van der Waals surface area contributed by atoms with E-state index in [0.717, 1.165) is 0 Å². The number of phenols is 1. The number of methoxy groups -OCH3 is 1. The zero-order valence-corrected chi connectivity index (χ0v) is 11.1. The van der Waals surface area contributed by atoms with Gasteiger partial charge in [-0.2, -0.15) is 0 Å². The molecule has 0 radical (unpaired) electrons. The highest BCUT2D eigenvalue weighted by Gasteiger charge is 2.33.